The molecule has 1 unspecified atom stereocenters. The maximum Gasteiger partial charge on any atom is 0.412 e. The summed E-state index contributed by atoms with van der Waals surface area (Å²) in [4.78, 5) is 16.8. The first kappa shape index (κ1) is 16.0. The van der Waals surface area contributed by atoms with E-state index in [1.807, 2.05) is 0 Å². The van der Waals surface area contributed by atoms with E-state index in [9.17, 15) is 9.00 Å². The molecular weight excluding hydrogens is 330 g/mol. The lowest BCUT2D eigenvalue weighted by molar-refractivity contribution is 0.187. The van der Waals surface area contributed by atoms with E-state index < -0.39 is 16.9 Å². The summed E-state index contributed by atoms with van der Waals surface area (Å²) >= 11 is 0. The highest BCUT2D eigenvalue weighted by molar-refractivity contribution is 7.85. The molecule has 124 valence electrons. The van der Waals surface area contributed by atoms with Crippen LogP contribution in [0.15, 0.2) is 58.6 Å². The third-order valence-corrected chi connectivity index (χ3v) is 4.70. The van der Waals surface area contributed by atoms with Crippen molar-refractivity contribution >= 4 is 28.4 Å². The Bertz CT molecular complexity index is 905. The van der Waals surface area contributed by atoms with E-state index >= 15 is 0 Å². The smallest absolute Gasteiger partial charge is 0.412 e. The fraction of sp³-hybridized carbons (Fsp3) is 0.125. The quantitative estimate of drug-likeness (QED) is 0.786. The number of hydrogen-bond donors (Lipinski definition) is 1. The molecule has 0 aliphatic rings. The highest BCUT2D eigenvalue weighted by atomic mass is 32.2. The third kappa shape index (κ3) is 3.23. The van der Waals surface area contributed by atoms with Gasteiger partial charge in [-0.3, -0.25) is 5.32 Å². The minimum atomic E-state index is -1.33. The van der Waals surface area contributed by atoms with Crippen molar-refractivity contribution in [3.05, 3.63) is 48.8 Å². The van der Waals surface area contributed by atoms with Gasteiger partial charge in [0.05, 0.1) is 36.1 Å². The molecule has 1 N–H and O–H groups in total. The summed E-state index contributed by atoms with van der Waals surface area (Å²) in [5, 5.41) is 2.49. The molecule has 2 aromatic heterocycles. The van der Waals surface area contributed by atoms with E-state index in [2.05, 4.69) is 15.0 Å². The highest BCUT2D eigenvalue weighted by Crippen LogP contribution is 2.21. The zero-order valence-corrected chi connectivity index (χ0v) is 13.9. The molecule has 0 radical (unpaired) electrons. The summed E-state index contributed by atoms with van der Waals surface area (Å²) in [5.41, 5.74) is 0.622. The average molecular weight is 345 g/mol. The van der Waals surface area contributed by atoms with Crippen molar-refractivity contribution in [3.63, 3.8) is 0 Å². The van der Waals surface area contributed by atoms with Crippen LogP contribution in [0.3, 0.4) is 0 Å². The number of fused-ring (bicyclic) bond motifs is 1. The zero-order valence-electron chi connectivity index (χ0n) is 13.1. The molecule has 1 atom stereocenters. The number of anilines is 1. The summed E-state index contributed by atoms with van der Waals surface area (Å²) in [6.07, 6.45) is 2.74. The Morgan fingerprint density at radius 3 is 2.46 bits per heavy atom. The highest BCUT2D eigenvalue weighted by Gasteiger charge is 2.11. The van der Waals surface area contributed by atoms with E-state index in [4.69, 9.17) is 4.74 Å². The van der Waals surface area contributed by atoms with E-state index in [-0.39, 0.29) is 0 Å². The molecule has 3 aromatic rings. The van der Waals surface area contributed by atoms with Gasteiger partial charge < -0.3 is 13.9 Å². The molecule has 3 rings (SSSR count). The van der Waals surface area contributed by atoms with Gasteiger partial charge >= 0.3 is 6.09 Å². The number of pyridine rings is 1. The topological polar surface area (TPSA) is 81.9 Å². The molecule has 1 amide bonds. The number of nitrogens with one attached hydrogen (secondary N) is 1. The Morgan fingerprint density at radius 1 is 1.08 bits per heavy atom. The minimum absolute atomic E-state index is 0.356. The molecule has 0 saturated carbocycles. The van der Waals surface area contributed by atoms with E-state index in [1.54, 1.807) is 60.3 Å². The van der Waals surface area contributed by atoms with Crippen LogP contribution in [-0.2, 0) is 15.5 Å². The molecule has 0 fully saturated rings. The predicted octanol–water partition coefficient (Wildman–Crippen LogP) is 2.69. The van der Waals surface area contributed by atoms with Crippen LogP contribution in [0.25, 0.3) is 5.65 Å². The SMILES string of the molecule is COC(=O)Nc1cn2cc(S(=O)c3ccc(OC)cc3)ccc2n1. The molecule has 1 aromatic carbocycles. The Balaban J connectivity index is 1.88. The molecule has 0 spiro atoms. The Labute approximate surface area is 140 Å². The van der Waals surface area contributed by atoms with Gasteiger partial charge in [-0.15, -0.1) is 0 Å². The second-order valence-corrected chi connectivity index (χ2v) is 6.30. The van der Waals surface area contributed by atoms with Gasteiger partial charge in [-0.2, -0.15) is 0 Å². The van der Waals surface area contributed by atoms with Crippen LogP contribution in [0.2, 0.25) is 0 Å². The van der Waals surface area contributed by atoms with Gasteiger partial charge in [0.25, 0.3) is 0 Å². The maximum absolute atomic E-state index is 12.7. The number of methoxy groups -OCH3 is 2. The van der Waals surface area contributed by atoms with Crippen molar-refractivity contribution in [3.8, 4) is 5.75 Å². The fourth-order valence-corrected chi connectivity index (χ4v) is 3.19. The molecule has 0 aliphatic heterocycles. The number of nitrogens with zero attached hydrogens (tertiary/aromatic N) is 2. The van der Waals surface area contributed by atoms with Gasteiger partial charge in [-0.25, -0.2) is 14.0 Å². The first-order valence-electron chi connectivity index (χ1n) is 7.00. The summed E-state index contributed by atoms with van der Waals surface area (Å²) in [6.45, 7) is 0. The van der Waals surface area contributed by atoms with Gasteiger partial charge in [0.1, 0.15) is 11.4 Å². The Kier molecular flexibility index (Phi) is 4.48. The second kappa shape index (κ2) is 6.71. The van der Waals surface area contributed by atoms with E-state index in [0.29, 0.717) is 27.0 Å². The number of benzene rings is 1. The number of amides is 1. The van der Waals surface area contributed by atoms with Crippen molar-refractivity contribution in [2.24, 2.45) is 0 Å². The fourth-order valence-electron chi connectivity index (χ4n) is 2.13. The number of ether oxygens (including phenoxy) is 2. The van der Waals surface area contributed by atoms with Gasteiger partial charge in [0.15, 0.2) is 5.82 Å². The lowest BCUT2D eigenvalue weighted by Gasteiger charge is -2.04. The summed E-state index contributed by atoms with van der Waals surface area (Å²) in [5.74, 6) is 1.06. The lowest BCUT2D eigenvalue weighted by atomic mass is 10.3. The Morgan fingerprint density at radius 2 is 1.79 bits per heavy atom. The number of carbonyl (C=O) groups excluding carboxylic acids is 1. The number of aromatic nitrogens is 2. The van der Waals surface area contributed by atoms with Crippen molar-refractivity contribution in [1.82, 2.24) is 9.38 Å². The van der Waals surface area contributed by atoms with Crippen molar-refractivity contribution < 1.29 is 18.5 Å². The summed E-state index contributed by atoms with van der Waals surface area (Å²) in [7, 11) is 1.53. The number of imidazole rings is 1. The molecule has 0 saturated heterocycles. The van der Waals surface area contributed by atoms with Crippen molar-refractivity contribution in [1.29, 1.82) is 0 Å². The normalized spacial score (nSPS) is 11.9. The largest absolute Gasteiger partial charge is 0.497 e. The minimum Gasteiger partial charge on any atom is -0.497 e. The van der Waals surface area contributed by atoms with E-state index in [1.165, 1.54) is 7.11 Å². The standard InChI is InChI=1S/C16H15N3O4S/c1-22-11-3-5-12(6-4-11)24(21)13-7-8-15-17-14(10-19(15)9-13)18-16(20)23-2/h3-10H,1-2H3,(H,18,20). The average Bonchev–Trinajstić information content (AvgIpc) is 3.02. The first-order valence-corrected chi connectivity index (χ1v) is 8.15. The van der Waals surface area contributed by atoms with E-state index in [0.717, 1.165) is 0 Å². The van der Waals surface area contributed by atoms with Crippen LogP contribution >= 0.6 is 0 Å². The monoisotopic (exact) mass is 345 g/mol. The van der Waals surface area contributed by atoms with Gasteiger partial charge in [-0.1, -0.05) is 0 Å². The Hall–Kier alpha value is -2.87. The molecular formula is C16H15N3O4S. The maximum atomic E-state index is 12.7. The van der Waals surface area contributed by atoms with Gasteiger partial charge in [0, 0.05) is 11.1 Å². The third-order valence-electron chi connectivity index (χ3n) is 3.33. The van der Waals surface area contributed by atoms with Crippen LogP contribution in [0, 0.1) is 0 Å². The van der Waals surface area contributed by atoms with Crippen molar-refractivity contribution in [2.75, 3.05) is 19.5 Å². The summed E-state index contributed by atoms with van der Waals surface area (Å²) < 4.78 is 24.0. The molecule has 0 bridgehead atoms. The molecule has 7 nitrogen and oxygen atoms in total. The zero-order chi connectivity index (χ0) is 17.1. The van der Waals surface area contributed by atoms with Gasteiger partial charge in [0.2, 0.25) is 0 Å². The molecule has 8 heteroatoms. The van der Waals surface area contributed by atoms with Crippen LogP contribution in [-0.4, -0.2) is 33.9 Å². The van der Waals surface area contributed by atoms with Crippen LogP contribution < -0.4 is 10.1 Å². The first-order chi connectivity index (χ1) is 11.6. The van der Waals surface area contributed by atoms with Crippen molar-refractivity contribution in [2.45, 2.75) is 9.79 Å². The lowest BCUT2D eigenvalue weighted by Crippen LogP contribution is -2.10. The van der Waals surface area contributed by atoms with Gasteiger partial charge in [-0.05, 0) is 36.4 Å². The molecule has 24 heavy (non-hydrogen) atoms. The number of rotatable bonds is 4. The van der Waals surface area contributed by atoms with Crippen LogP contribution in [0.4, 0.5) is 10.6 Å². The summed E-state index contributed by atoms with van der Waals surface area (Å²) in [6, 6.07) is 10.5. The van der Waals surface area contributed by atoms with Crippen LogP contribution in [0.5, 0.6) is 5.75 Å². The number of hydrogen-bond acceptors (Lipinski definition) is 5. The predicted molar refractivity (Wildman–Crippen MR) is 88.9 cm³/mol. The molecule has 2 heterocycles. The second-order valence-electron chi connectivity index (χ2n) is 4.82. The number of carbonyl (C=O) groups is 1. The molecule has 0 aliphatic carbocycles. The van der Waals surface area contributed by atoms with Crippen LogP contribution in [0.1, 0.15) is 0 Å².